The van der Waals surface area contributed by atoms with E-state index in [1.165, 1.54) is 15.9 Å². The monoisotopic (exact) mass is 273 g/mol. The van der Waals surface area contributed by atoms with Gasteiger partial charge < -0.3 is 5.73 Å². The Morgan fingerprint density at radius 1 is 1.26 bits per heavy atom. The van der Waals surface area contributed by atoms with E-state index in [-0.39, 0.29) is 5.56 Å². The van der Waals surface area contributed by atoms with Gasteiger partial charge in [-0.15, -0.1) is 10.2 Å². The summed E-state index contributed by atoms with van der Waals surface area (Å²) < 4.78 is 1.28. The van der Waals surface area contributed by atoms with Crippen molar-refractivity contribution in [2.45, 2.75) is 13.8 Å². The molecule has 0 spiro atoms. The van der Waals surface area contributed by atoms with Crippen molar-refractivity contribution in [1.29, 1.82) is 0 Å². The number of nitrogen functional groups attached to an aromatic ring is 1. The zero-order chi connectivity index (χ0) is 13.6. The molecule has 3 aromatic rings. The van der Waals surface area contributed by atoms with Crippen LogP contribution in [0.4, 0.5) is 5.69 Å². The van der Waals surface area contributed by atoms with Crippen molar-refractivity contribution in [2.75, 3.05) is 5.73 Å². The minimum Gasteiger partial charge on any atom is -0.398 e. The summed E-state index contributed by atoms with van der Waals surface area (Å²) in [5.74, 6) is 0. The van der Waals surface area contributed by atoms with Crippen LogP contribution in [0.5, 0.6) is 0 Å². The molecular formula is C12H11N5OS. The van der Waals surface area contributed by atoms with E-state index < -0.39 is 0 Å². The van der Waals surface area contributed by atoms with Crippen molar-refractivity contribution >= 4 is 22.0 Å². The molecule has 2 N–H and O–H groups in total. The summed E-state index contributed by atoms with van der Waals surface area (Å²) in [4.78, 5) is 12.4. The maximum absolute atomic E-state index is 11.9. The Hall–Kier alpha value is -2.28. The summed E-state index contributed by atoms with van der Waals surface area (Å²) >= 11 is 1.31. The third-order valence-electron chi connectivity index (χ3n) is 2.87. The van der Waals surface area contributed by atoms with E-state index in [1.807, 2.05) is 25.1 Å². The Morgan fingerprint density at radius 3 is 2.79 bits per heavy atom. The van der Waals surface area contributed by atoms with Crippen LogP contribution in [-0.4, -0.2) is 19.8 Å². The van der Waals surface area contributed by atoms with Crippen LogP contribution < -0.4 is 11.3 Å². The van der Waals surface area contributed by atoms with Crippen molar-refractivity contribution in [2.24, 2.45) is 0 Å². The lowest BCUT2D eigenvalue weighted by molar-refractivity contribution is 0.829. The van der Waals surface area contributed by atoms with E-state index in [0.717, 1.165) is 11.1 Å². The highest BCUT2D eigenvalue weighted by Gasteiger charge is 2.11. The highest BCUT2D eigenvalue weighted by Crippen LogP contribution is 2.26. The van der Waals surface area contributed by atoms with E-state index in [0.29, 0.717) is 21.3 Å². The van der Waals surface area contributed by atoms with Crippen molar-refractivity contribution in [3.05, 3.63) is 39.8 Å². The van der Waals surface area contributed by atoms with Crippen LogP contribution >= 0.6 is 11.3 Å². The van der Waals surface area contributed by atoms with Crippen molar-refractivity contribution in [3.8, 4) is 10.6 Å². The van der Waals surface area contributed by atoms with Gasteiger partial charge in [-0.1, -0.05) is 23.5 Å². The van der Waals surface area contributed by atoms with Gasteiger partial charge in [0.05, 0.1) is 0 Å². The van der Waals surface area contributed by atoms with Crippen LogP contribution in [0.25, 0.3) is 15.5 Å². The normalized spacial score (nSPS) is 11.1. The van der Waals surface area contributed by atoms with Crippen LogP contribution in [0.3, 0.4) is 0 Å². The molecule has 6 nitrogen and oxygen atoms in total. The molecule has 19 heavy (non-hydrogen) atoms. The number of nitrogens with zero attached hydrogens (tertiary/aromatic N) is 4. The third-order valence-corrected chi connectivity index (χ3v) is 3.82. The average Bonchev–Trinajstić information content (AvgIpc) is 2.82. The predicted octanol–water partition coefficient (Wildman–Crippen LogP) is 1.41. The maximum atomic E-state index is 11.9. The maximum Gasteiger partial charge on any atom is 0.296 e. The number of hydrogen-bond donors (Lipinski definition) is 1. The Labute approximate surface area is 112 Å². The lowest BCUT2D eigenvalue weighted by atomic mass is 10.1. The number of fused-ring (bicyclic) bond motifs is 1. The number of hydrogen-bond acceptors (Lipinski definition) is 6. The van der Waals surface area contributed by atoms with Crippen molar-refractivity contribution in [1.82, 2.24) is 19.8 Å². The van der Waals surface area contributed by atoms with Crippen molar-refractivity contribution < 1.29 is 0 Å². The summed E-state index contributed by atoms with van der Waals surface area (Å²) in [7, 11) is 0. The second-order valence-corrected chi connectivity index (χ2v) is 5.22. The van der Waals surface area contributed by atoms with E-state index in [9.17, 15) is 4.79 Å². The Balaban J connectivity index is 2.23. The molecule has 0 bridgehead atoms. The molecule has 0 saturated carbocycles. The lowest BCUT2D eigenvalue weighted by Crippen LogP contribution is -2.19. The molecule has 0 aliphatic rings. The number of rotatable bonds is 1. The molecule has 0 aliphatic carbocycles. The topological polar surface area (TPSA) is 86.2 Å². The number of benzene rings is 1. The first-order valence-electron chi connectivity index (χ1n) is 5.66. The fourth-order valence-electron chi connectivity index (χ4n) is 1.68. The molecule has 7 heteroatoms. The van der Waals surface area contributed by atoms with Crippen LogP contribution in [0.15, 0.2) is 23.0 Å². The Morgan fingerprint density at radius 2 is 2.05 bits per heavy atom. The van der Waals surface area contributed by atoms with E-state index >= 15 is 0 Å². The smallest absolute Gasteiger partial charge is 0.296 e. The van der Waals surface area contributed by atoms with Gasteiger partial charge in [-0.3, -0.25) is 4.79 Å². The second kappa shape index (κ2) is 4.13. The van der Waals surface area contributed by atoms with Gasteiger partial charge in [0.15, 0.2) is 0 Å². The molecule has 0 fully saturated rings. The fraction of sp³-hybridized carbons (Fsp3) is 0.167. The van der Waals surface area contributed by atoms with E-state index in [4.69, 9.17) is 5.73 Å². The predicted molar refractivity (Wildman–Crippen MR) is 74.3 cm³/mol. The van der Waals surface area contributed by atoms with Gasteiger partial charge in [-0.25, -0.2) is 0 Å². The Kier molecular flexibility index (Phi) is 2.56. The quantitative estimate of drug-likeness (QED) is 0.677. The molecule has 2 heterocycles. The fourth-order valence-corrected chi connectivity index (χ4v) is 2.51. The average molecular weight is 273 g/mol. The summed E-state index contributed by atoms with van der Waals surface area (Å²) in [6.45, 7) is 3.56. The Bertz CT molecular complexity index is 836. The van der Waals surface area contributed by atoms with Gasteiger partial charge in [-0.05, 0) is 25.5 Å². The largest absolute Gasteiger partial charge is 0.398 e. The van der Waals surface area contributed by atoms with Gasteiger partial charge in [-0.2, -0.15) is 9.61 Å². The van der Waals surface area contributed by atoms with Crippen LogP contribution in [0, 0.1) is 13.8 Å². The number of anilines is 1. The van der Waals surface area contributed by atoms with E-state index in [1.54, 1.807) is 6.92 Å². The van der Waals surface area contributed by atoms with Crippen LogP contribution in [-0.2, 0) is 0 Å². The zero-order valence-electron chi connectivity index (χ0n) is 10.4. The minimum absolute atomic E-state index is 0.243. The van der Waals surface area contributed by atoms with Gasteiger partial charge in [0.2, 0.25) is 4.96 Å². The number of aryl methyl sites for hydroxylation is 2. The number of nitrogens with two attached hydrogens (primary N) is 1. The third kappa shape index (κ3) is 1.88. The van der Waals surface area contributed by atoms with Crippen molar-refractivity contribution in [3.63, 3.8) is 0 Å². The highest BCUT2D eigenvalue weighted by molar-refractivity contribution is 7.19. The summed E-state index contributed by atoms with van der Waals surface area (Å²) in [6, 6.07) is 5.70. The van der Waals surface area contributed by atoms with Crippen LogP contribution in [0.2, 0.25) is 0 Å². The molecule has 0 aliphatic heterocycles. The highest BCUT2D eigenvalue weighted by atomic mass is 32.1. The minimum atomic E-state index is -0.243. The molecule has 0 saturated heterocycles. The van der Waals surface area contributed by atoms with E-state index in [2.05, 4.69) is 15.3 Å². The lowest BCUT2D eigenvalue weighted by Gasteiger charge is -2.01. The first-order chi connectivity index (χ1) is 9.06. The molecule has 0 atom stereocenters. The molecule has 0 unspecified atom stereocenters. The summed E-state index contributed by atoms with van der Waals surface area (Å²) in [5, 5.41) is 12.7. The van der Waals surface area contributed by atoms with Gasteiger partial charge in [0, 0.05) is 11.3 Å². The molecule has 2 aromatic heterocycles. The van der Waals surface area contributed by atoms with Gasteiger partial charge in [0.1, 0.15) is 10.7 Å². The zero-order valence-corrected chi connectivity index (χ0v) is 11.2. The second-order valence-electron chi connectivity index (χ2n) is 4.26. The summed E-state index contributed by atoms with van der Waals surface area (Å²) in [5.41, 5.74) is 8.56. The first kappa shape index (κ1) is 11.8. The van der Waals surface area contributed by atoms with Crippen LogP contribution in [0.1, 0.15) is 11.3 Å². The number of aromatic nitrogens is 4. The van der Waals surface area contributed by atoms with Gasteiger partial charge in [0.25, 0.3) is 5.56 Å². The summed E-state index contributed by atoms with van der Waals surface area (Å²) in [6.07, 6.45) is 0. The first-order valence-corrected chi connectivity index (χ1v) is 6.47. The standard InChI is InChI=1S/C12H11N5OS/c1-6-3-4-8(5-9(6)13)10-16-17-11(18)7(2)14-15-12(17)19-10/h3-5H,13H2,1-2H3. The molecular weight excluding hydrogens is 262 g/mol. The molecule has 1 aromatic carbocycles. The van der Waals surface area contributed by atoms with Gasteiger partial charge >= 0.3 is 0 Å². The molecule has 0 amide bonds. The SMILES string of the molecule is Cc1ccc(-c2nn3c(=O)c(C)nnc3s2)cc1N. The molecule has 96 valence electrons. The molecule has 0 radical (unpaired) electrons. The molecule has 3 rings (SSSR count).